The van der Waals surface area contributed by atoms with Crippen LogP contribution in [0.25, 0.3) is 0 Å². The highest BCUT2D eigenvalue weighted by Crippen LogP contribution is 2.25. The molecule has 2 aliphatic heterocycles. The van der Waals surface area contributed by atoms with Crippen LogP contribution in [0.15, 0.2) is 0 Å². The minimum atomic E-state index is -1.18. The van der Waals surface area contributed by atoms with Crippen LogP contribution in [0.4, 0.5) is 4.79 Å². The molecule has 6 nitrogen and oxygen atoms in total. The molecule has 2 rings (SSSR count). The molecule has 1 unspecified atom stereocenters. The molecule has 2 aliphatic rings. The smallest absolute Gasteiger partial charge is 0.329 e. The molecule has 0 aromatic rings. The lowest BCUT2D eigenvalue weighted by Gasteiger charge is -2.33. The summed E-state index contributed by atoms with van der Waals surface area (Å²) in [5.74, 6) is 0.158. The average Bonchev–Trinajstić information content (AvgIpc) is 2.90. The molecule has 0 bridgehead atoms. The number of ether oxygens (including phenoxy) is 1. The van der Waals surface area contributed by atoms with E-state index in [9.17, 15) is 14.7 Å². The summed E-state index contributed by atoms with van der Waals surface area (Å²) in [5, 5.41) is 15.2. The number of amides is 2. The second-order valence-electron chi connectivity index (χ2n) is 4.97. The van der Waals surface area contributed by atoms with Gasteiger partial charge in [0, 0.05) is 37.9 Å². The molecule has 0 aliphatic carbocycles. The van der Waals surface area contributed by atoms with Gasteiger partial charge in [-0.3, -0.25) is 0 Å². The maximum Gasteiger partial charge on any atom is 0.329 e. The van der Waals surface area contributed by atoms with Crippen LogP contribution in [0.5, 0.6) is 0 Å². The highest BCUT2D eigenvalue weighted by atomic mass is 32.2. The molecule has 2 heterocycles. The largest absolute Gasteiger partial charge is 0.480 e. The zero-order chi connectivity index (χ0) is 13.7. The molecule has 3 N–H and O–H groups in total. The van der Waals surface area contributed by atoms with Gasteiger partial charge in [-0.1, -0.05) is 0 Å². The van der Waals surface area contributed by atoms with Crippen molar-refractivity contribution in [3.63, 3.8) is 0 Å². The monoisotopic (exact) mass is 288 g/mol. The van der Waals surface area contributed by atoms with Crippen LogP contribution >= 0.6 is 11.8 Å². The maximum atomic E-state index is 11.8. The van der Waals surface area contributed by atoms with E-state index in [0.717, 1.165) is 12.2 Å². The fraction of sp³-hybridized carbons (Fsp3) is 0.833. The number of carbonyl (C=O) groups excluding carboxylic acids is 1. The number of carbonyl (C=O) groups is 2. The Balaban J connectivity index is 1.82. The molecule has 2 fully saturated rings. The molecule has 19 heavy (non-hydrogen) atoms. The maximum absolute atomic E-state index is 11.8. The number of aliphatic carboxylic acids is 1. The molecule has 0 aromatic carbocycles. The van der Waals surface area contributed by atoms with Crippen molar-refractivity contribution >= 4 is 23.8 Å². The van der Waals surface area contributed by atoms with Crippen molar-refractivity contribution in [2.45, 2.75) is 36.5 Å². The molecule has 2 amide bonds. The predicted octanol–water partition coefficient (Wildman–Crippen LogP) is 0.815. The Kier molecular flexibility index (Phi) is 4.93. The lowest BCUT2D eigenvalue weighted by atomic mass is 9.90. The molecule has 2 saturated heterocycles. The minimum Gasteiger partial charge on any atom is -0.480 e. The normalized spacial score (nSPS) is 25.8. The first-order valence-electron chi connectivity index (χ1n) is 6.61. The summed E-state index contributed by atoms with van der Waals surface area (Å²) in [7, 11) is 0. The summed E-state index contributed by atoms with van der Waals surface area (Å²) in [5.41, 5.74) is -1.18. The summed E-state index contributed by atoms with van der Waals surface area (Å²) in [6.07, 6.45) is 2.93. The first-order valence-corrected chi connectivity index (χ1v) is 7.66. The summed E-state index contributed by atoms with van der Waals surface area (Å²) in [6.45, 7) is 1.33. The Morgan fingerprint density at radius 3 is 2.68 bits per heavy atom. The lowest BCUT2D eigenvalue weighted by molar-refractivity contribution is -0.148. The fourth-order valence-corrected chi connectivity index (χ4v) is 3.59. The van der Waals surface area contributed by atoms with Crippen LogP contribution in [-0.2, 0) is 9.53 Å². The topological polar surface area (TPSA) is 87.7 Å². The van der Waals surface area contributed by atoms with Crippen LogP contribution in [0, 0.1) is 0 Å². The van der Waals surface area contributed by atoms with Crippen molar-refractivity contribution < 1.29 is 19.4 Å². The Bertz CT molecular complexity index is 339. The van der Waals surface area contributed by atoms with Gasteiger partial charge in [-0.25, -0.2) is 9.59 Å². The fourth-order valence-electron chi connectivity index (χ4n) is 2.39. The standard InChI is InChI=1S/C12H20N2O4S/c15-10(16)12(3-5-18-6-4-12)14-11(17)13-8-9-2-1-7-19-9/h9H,1-8H2,(H,15,16)(H2,13,14,17). The van der Waals surface area contributed by atoms with Gasteiger partial charge in [-0.05, 0) is 18.6 Å². The van der Waals surface area contributed by atoms with E-state index in [1.165, 1.54) is 6.42 Å². The number of thioether (sulfide) groups is 1. The third-order valence-corrected chi connectivity index (χ3v) is 5.02. The second kappa shape index (κ2) is 6.47. The summed E-state index contributed by atoms with van der Waals surface area (Å²) < 4.78 is 5.16. The van der Waals surface area contributed by atoms with E-state index < -0.39 is 17.5 Å². The van der Waals surface area contributed by atoms with Gasteiger partial charge in [0.25, 0.3) is 0 Å². The average molecular weight is 288 g/mol. The van der Waals surface area contributed by atoms with Gasteiger partial charge >= 0.3 is 12.0 Å². The SMILES string of the molecule is O=C(NCC1CCCS1)NC1(C(=O)O)CCOCC1. The number of carboxylic acids is 1. The molecule has 0 saturated carbocycles. The van der Waals surface area contributed by atoms with E-state index in [4.69, 9.17) is 4.74 Å². The Hall–Kier alpha value is -0.950. The number of urea groups is 1. The summed E-state index contributed by atoms with van der Waals surface area (Å²) in [4.78, 5) is 23.2. The van der Waals surface area contributed by atoms with E-state index in [1.807, 2.05) is 11.8 Å². The number of carboxylic acid groups (broad SMARTS) is 1. The minimum absolute atomic E-state index is 0.313. The number of nitrogens with one attached hydrogen (secondary N) is 2. The third-order valence-electron chi connectivity index (χ3n) is 3.62. The molecule has 7 heteroatoms. The molecule has 0 radical (unpaired) electrons. The van der Waals surface area contributed by atoms with Crippen molar-refractivity contribution in [1.82, 2.24) is 10.6 Å². The first-order chi connectivity index (χ1) is 9.12. The number of hydrogen-bond acceptors (Lipinski definition) is 4. The van der Waals surface area contributed by atoms with Gasteiger partial charge in [0.1, 0.15) is 5.54 Å². The molecule has 1 atom stereocenters. The van der Waals surface area contributed by atoms with Crippen LogP contribution in [0.3, 0.4) is 0 Å². The van der Waals surface area contributed by atoms with Gasteiger partial charge in [0.2, 0.25) is 0 Å². The first kappa shape index (κ1) is 14.5. The van der Waals surface area contributed by atoms with Crippen molar-refractivity contribution in [3.05, 3.63) is 0 Å². The van der Waals surface area contributed by atoms with Crippen LogP contribution in [-0.4, -0.2) is 53.4 Å². The van der Waals surface area contributed by atoms with Gasteiger partial charge in [-0.15, -0.1) is 0 Å². The lowest BCUT2D eigenvalue weighted by Crippen LogP contribution is -2.60. The molecule has 0 spiro atoms. The highest BCUT2D eigenvalue weighted by molar-refractivity contribution is 8.00. The van der Waals surface area contributed by atoms with Crippen molar-refractivity contribution in [2.24, 2.45) is 0 Å². The number of rotatable bonds is 4. The third kappa shape index (κ3) is 3.76. The van der Waals surface area contributed by atoms with Crippen molar-refractivity contribution in [2.75, 3.05) is 25.5 Å². The highest BCUT2D eigenvalue weighted by Gasteiger charge is 2.41. The van der Waals surface area contributed by atoms with Crippen LogP contribution < -0.4 is 10.6 Å². The molecular weight excluding hydrogens is 268 g/mol. The zero-order valence-electron chi connectivity index (χ0n) is 10.8. The van der Waals surface area contributed by atoms with Crippen LogP contribution in [0.2, 0.25) is 0 Å². The predicted molar refractivity (Wildman–Crippen MR) is 72.4 cm³/mol. The molecular formula is C12H20N2O4S. The van der Waals surface area contributed by atoms with Crippen LogP contribution in [0.1, 0.15) is 25.7 Å². The van der Waals surface area contributed by atoms with E-state index >= 15 is 0 Å². The Morgan fingerprint density at radius 2 is 2.11 bits per heavy atom. The molecule has 108 valence electrons. The zero-order valence-corrected chi connectivity index (χ0v) is 11.6. The van der Waals surface area contributed by atoms with E-state index in [1.54, 1.807) is 0 Å². The Morgan fingerprint density at radius 1 is 1.37 bits per heavy atom. The van der Waals surface area contributed by atoms with Gasteiger partial charge in [0.05, 0.1) is 0 Å². The van der Waals surface area contributed by atoms with E-state index in [2.05, 4.69) is 10.6 Å². The van der Waals surface area contributed by atoms with Crippen molar-refractivity contribution in [1.29, 1.82) is 0 Å². The van der Waals surface area contributed by atoms with E-state index in [0.29, 0.717) is 37.9 Å². The van der Waals surface area contributed by atoms with Gasteiger partial charge in [-0.2, -0.15) is 11.8 Å². The summed E-state index contributed by atoms with van der Waals surface area (Å²) >= 11 is 1.86. The van der Waals surface area contributed by atoms with Gasteiger partial charge in [0.15, 0.2) is 0 Å². The van der Waals surface area contributed by atoms with Gasteiger partial charge < -0.3 is 20.5 Å². The quantitative estimate of drug-likeness (QED) is 0.712. The second-order valence-corrected chi connectivity index (χ2v) is 6.38. The number of hydrogen-bond donors (Lipinski definition) is 3. The molecule has 0 aromatic heterocycles. The summed E-state index contributed by atoms with van der Waals surface area (Å²) in [6, 6.07) is -0.392. The Labute approximate surface area is 116 Å². The van der Waals surface area contributed by atoms with E-state index in [-0.39, 0.29) is 0 Å². The van der Waals surface area contributed by atoms with Crippen molar-refractivity contribution in [3.8, 4) is 0 Å².